The van der Waals surface area contributed by atoms with Gasteiger partial charge in [-0.2, -0.15) is 31.4 Å². The highest BCUT2D eigenvalue weighted by molar-refractivity contribution is 5.90. The van der Waals surface area contributed by atoms with Crippen LogP contribution in [0.2, 0.25) is 0 Å². The zero-order valence-electron chi connectivity index (χ0n) is 13.7. The van der Waals surface area contributed by atoms with Crippen molar-refractivity contribution in [1.29, 1.82) is 0 Å². The largest absolute Gasteiger partial charge is 0.464 e. The van der Waals surface area contributed by atoms with Crippen molar-refractivity contribution in [2.75, 3.05) is 7.11 Å². The van der Waals surface area contributed by atoms with Crippen molar-refractivity contribution in [3.05, 3.63) is 17.0 Å². The number of carbonyl (C=O) groups is 1. The summed E-state index contributed by atoms with van der Waals surface area (Å²) in [7, 11) is 0.941. The van der Waals surface area contributed by atoms with Crippen LogP contribution in [-0.2, 0) is 22.9 Å². The Hall–Kier alpha value is -1.74. The van der Waals surface area contributed by atoms with E-state index in [0.717, 1.165) is 11.8 Å². The summed E-state index contributed by atoms with van der Waals surface area (Å²) in [6.45, 7) is -0.378. The Morgan fingerprint density at radius 3 is 2.23 bits per heavy atom. The summed E-state index contributed by atoms with van der Waals surface area (Å²) >= 11 is 0. The van der Waals surface area contributed by atoms with Crippen LogP contribution in [0.15, 0.2) is 0 Å². The van der Waals surface area contributed by atoms with E-state index in [4.69, 9.17) is 0 Å². The first kappa shape index (κ1) is 17.7. The number of ether oxygens (including phenoxy) is 1. The third-order valence-corrected chi connectivity index (χ3v) is 5.91. The molecular formula is C16H16F6N2O2. The molecule has 0 spiro atoms. The highest BCUT2D eigenvalue weighted by Gasteiger charge is 2.63. The predicted molar refractivity (Wildman–Crippen MR) is 75.2 cm³/mol. The molecule has 2 bridgehead atoms. The number of hydrogen-bond donors (Lipinski definition) is 0. The molecule has 0 unspecified atom stereocenters. The van der Waals surface area contributed by atoms with Crippen LogP contribution in [-0.4, -0.2) is 29.0 Å². The number of methoxy groups -OCH3 is 1. The Kier molecular flexibility index (Phi) is 3.51. The lowest BCUT2D eigenvalue weighted by Gasteiger charge is -2.61. The number of alkyl halides is 6. The molecule has 0 aliphatic heterocycles. The zero-order chi connectivity index (χ0) is 19.1. The van der Waals surface area contributed by atoms with Gasteiger partial charge in [-0.1, -0.05) is 0 Å². The molecule has 5 rings (SSSR count). The third-order valence-electron chi connectivity index (χ3n) is 5.91. The maximum atomic E-state index is 13.7. The monoisotopic (exact) mass is 382 g/mol. The van der Waals surface area contributed by atoms with Crippen molar-refractivity contribution in [3.8, 4) is 0 Å². The van der Waals surface area contributed by atoms with Crippen LogP contribution < -0.4 is 0 Å². The minimum absolute atomic E-state index is 0.173. The molecule has 4 nitrogen and oxygen atoms in total. The van der Waals surface area contributed by atoms with Gasteiger partial charge in [0.25, 0.3) is 0 Å². The normalized spacial score (nSPS) is 32.7. The van der Waals surface area contributed by atoms with Crippen LogP contribution in [0.4, 0.5) is 26.3 Å². The minimum Gasteiger partial charge on any atom is -0.464 e. The Bertz CT molecular complexity index is 749. The molecule has 1 heterocycles. The van der Waals surface area contributed by atoms with Gasteiger partial charge in [0.1, 0.15) is 5.56 Å². The van der Waals surface area contributed by atoms with Crippen LogP contribution in [0.1, 0.15) is 47.4 Å². The lowest BCUT2D eigenvalue weighted by atomic mass is 9.43. The molecule has 4 fully saturated rings. The Morgan fingerprint density at radius 1 is 1.23 bits per heavy atom. The van der Waals surface area contributed by atoms with Gasteiger partial charge in [-0.05, 0) is 37.5 Å². The predicted octanol–water partition coefficient (Wildman–Crippen LogP) is 3.94. The van der Waals surface area contributed by atoms with E-state index in [1.165, 1.54) is 0 Å². The first-order valence-electron chi connectivity index (χ1n) is 8.30. The Morgan fingerprint density at radius 2 is 1.85 bits per heavy atom. The summed E-state index contributed by atoms with van der Waals surface area (Å²) in [5.74, 6) is -3.29. The van der Waals surface area contributed by atoms with E-state index < -0.39 is 46.8 Å². The van der Waals surface area contributed by atoms with Crippen molar-refractivity contribution in [2.45, 2.75) is 50.0 Å². The van der Waals surface area contributed by atoms with Crippen molar-refractivity contribution in [3.63, 3.8) is 0 Å². The SMILES string of the molecule is COC(=O)c1c(C(F)(F)F)c(C23CC(C2)C3)nn1C[C@@H]1C[C@H]1C(F)(F)F. The van der Waals surface area contributed by atoms with Gasteiger partial charge in [-0.15, -0.1) is 0 Å². The van der Waals surface area contributed by atoms with Crippen molar-refractivity contribution in [1.82, 2.24) is 9.78 Å². The lowest BCUT2D eigenvalue weighted by Crippen LogP contribution is -2.56. The molecule has 4 aliphatic carbocycles. The van der Waals surface area contributed by atoms with E-state index >= 15 is 0 Å². The van der Waals surface area contributed by atoms with Crippen molar-refractivity contribution < 1.29 is 35.9 Å². The maximum Gasteiger partial charge on any atom is 0.420 e. The van der Waals surface area contributed by atoms with Crippen LogP contribution in [0.5, 0.6) is 0 Å². The van der Waals surface area contributed by atoms with Crippen LogP contribution in [0.25, 0.3) is 0 Å². The zero-order valence-corrected chi connectivity index (χ0v) is 13.7. The lowest BCUT2D eigenvalue weighted by molar-refractivity contribution is -0.151. The fraction of sp³-hybridized carbons (Fsp3) is 0.750. The molecule has 1 aromatic rings. The summed E-state index contributed by atoms with van der Waals surface area (Å²) in [5.41, 5.74) is -2.84. The van der Waals surface area contributed by atoms with Gasteiger partial charge < -0.3 is 4.74 Å². The highest BCUT2D eigenvalue weighted by Crippen LogP contribution is 2.66. The molecule has 0 saturated heterocycles. The number of rotatable bonds is 4. The number of halogens is 6. The van der Waals surface area contributed by atoms with Crippen LogP contribution in [0, 0.1) is 17.8 Å². The van der Waals surface area contributed by atoms with Crippen LogP contribution in [0.3, 0.4) is 0 Å². The number of aromatic nitrogens is 2. The highest BCUT2D eigenvalue weighted by atomic mass is 19.4. The standard InChI is InChI=1S/C16H16F6N2O2/c1-26-13(25)11-10(16(20,21)22)12(14-3-7(4-14)5-14)23-24(11)6-8-2-9(8)15(17,18)19/h7-9H,2-6H2,1H3/t7?,8-,9+,14?/m0/s1. The fourth-order valence-electron chi connectivity index (χ4n) is 4.38. The molecule has 144 valence electrons. The molecular weight excluding hydrogens is 366 g/mol. The molecule has 4 saturated carbocycles. The summed E-state index contributed by atoms with van der Waals surface area (Å²) in [5, 5.41) is 4.00. The van der Waals surface area contributed by atoms with E-state index in [1.807, 2.05) is 0 Å². The molecule has 0 aromatic carbocycles. The van der Waals surface area contributed by atoms with Crippen LogP contribution >= 0.6 is 0 Å². The van der Waals surface area contributed by atoms with E-state index in [2.05, 4.69) is 9.84 Å². The van der Waals surface area contributed by atoms with Gasteiger partial charge in [0.15, 0.2) is 5.69 Å². The van der Waals surface area contributed by atoms with Gasteiger partial charge in [-0.3, -0.25) is 4.68 Å². The van der Waals surface area contributed by atoms with E-state index in [9.17, 15) is 31.1 Å². The molecule has 0 amide bonds. The second kappa shape index (κ2) is 5.16. The fourth-order valence-corrected chi connectivity index (χ4v) is 4.38. The summed E-state index contributed by atoms with van der Waals surface area (Å²) < 4.78 is 84.6. The molecule has 1 aromatic heterocycles. The maximum absolute atomic E-state index is 13.7. The summed E-state index contributed by atoms with van der Waals surface area (Å²) in [4.78, 5) is 12.0. The van der Waals surface area contributed by atoms with Gasteiger partial charge in [0.2, 0.25) is 0 Å². The van der Waals surface area contributed by atoms with Gasteiger partial charge >= 0.3 is 18.3 Å². The van der Waals surface area contributed by atoms with Gasteiger partial charge in [0.05, 0.1) is 18.7 Å². The number of hydrogen-bond acceptors (Lipinski definition) is 3. The quantitative estimate of drug-likeness (QED) is 0.585. The second-order valence-corrected chi connectivity index (χ2v) is 7.65. The summed E-state index contributed by atoms with van der Waals surface area (Å²) in [6.07, 6.45) is -7.69. The molecule has 2 atom stereocenters. The Balaban J connectivity index is 1.75. The smallest absolute Gasteiger partial charge is 0.420 e. The molecule has 0 N–H and O–H groups in total. The molecule has 26 heavy (non-hydrogen) atoms. The van der Waals surface area contributed by atoms with Gasteiger partial charge in [-0.25, -0.2) is 4.79 Å². The van der Waals surface area contributed by atoms with E-state index in [-0.39, 0.29) is 18.7 Å². The topological polar surface area (TPSA) is 44.1 Å². The first-order chi connectivity index (χ1) is 12.0. The Labute approximate surface area is 144 Å². The molecule has 10 heteroatoms. The third kappa shape index (κ3) is 2.51. The number of carbonyl (C=O) groups excluding carboxylic acids is 1. The summed E-state index contributed by atoms with van der Waals surface area (Å²) in [6, 6.07) is 0. The average molecular weight is 382 g/mol. The van der Waals surface area contributed by atoms with Crippen molar-refractivity contribution in [2.24, 2.45) is 17.8 Å². The van der Waals surface area contributed by atoms with Crippen molar-refractivity contribution >= 4 is 5.97 Å². The van der Waals surface area contributed by atoms with E-state index in [0.29, 0.717) is 25.2 Å². The molecule has 4 aliphatic rings. The van der Waals surface area contributed by atoms with Gasteiger partial charge in [0, 0.05) is 12.0 Å². The average Bonchev–Trinajstić information content (AvgIpc) is 3.07. The molecule has 0 radical (unpaired) electrons. The number of esters is 1. The second-order valence-electron chi connectivity index (χ2n) is 7.65. The first-order valence-corrected chi connectivity index (χ1v) is 8.30. The van der Waals surface area contributed by atoms with E-state index in [1.54, 1.807) is 0 Å². The number of nitrogens with zero attached hydrogens (tertiary/aromatic N) is 2. The minimum atomic E-state index is -4.83.